The molecule has 0 spiro atoms. The number of rotatable bonds is 12. The molecule has 0 saturated carbocycles. The minimum atomic E-state index is -1.67. The highest BCUT2D eigenvalue weighted by atomic mass is 16.8. The summed E-state index contributed by atoms with van der Waals surface area (Å²) in [5.74, 6) is -4.74. The van der Waals surface area contributed by atoms with E-state index in [4.69, 9.17) is 47.4 Å². The van der Waals surface area contributed by atoms with Crippen LogP contribution in [0.25, 0.3) is 0 Å². The first kappa shape index (κ1) is 35.6. The van der Waals surface area contributed by atoms with Crippen molar-refractivity contribution >= 4 is 35.8 Å². The third kappa shape index (κ3) is 10.6. The van der Waals surface area contributed by atoms with E-state index in [9.17, 15) is 28.8 Å². The second-order valence-electron chi connectivity index (χ2n) is 9.65. The van der Waals surface area contributed by atoms with Gasteiger partial charge in [0, 0.05) is 41.5 Å². The minimum absolute atomic E-state index is 0.0286. The first-order valence-electron chi connectivity index (χ1n) is 13.3. The van der Waals surface area contributed by atoms with Crippen LogP contribution in [0.2, 0.25) is 0 Å². The number of esters is 6. The molecule has 43 heavy (non-hydrogen) atoms. The molecule has 16 heteroatoms. The van der Waals surface area contributed by atoms with Crippen LogP contribution in [0.5, 0.6) is 0 Å². The van der Waals surface area contributed by atoms with E-state index in [-0.39, 0.29) is 6.61 Å². The largest absolute Gasteiger partial charge is 0.463 e. The van der Waals surface area contributed by atoms with Crippen LogP contribution in [0.15, 0.2) is 12.7 Å². The van der Waals surface area contributed by atoms with Gasteiger partial charge in [-0.05, 0) is 6.92 Å². The van der Waals surface area contributed by atoms with E-state index in [1.807, 2.05) is 0 Å². The zero-order valence-electron chi connectivity index (χ0n) is 25.0. The lowest BCUT2D eigenvalue weighted by molar-refractivity contribution is -0.358. The molecule has 0 amide bonds. The summed E-state index contributed by atoms with van der Waals surface area (Å²) in [4.78, 5) is 72.2. The molecule has 2 fully saturated rings. The van der Waals surface area contributed by atoms with Gasteiger partial charge in [0.25, 0.3) is 0 Å². The number of ether oxygens (including phenoxy) is 10. The molecule has 2 aliphatic heterocycles. The van der Waals surface area contributed by atoms with E-state index in [1.165, 1.54) is 6.08 Å². The molecule has 0 unspecified atom stereocenters. The zero-order chi connectivity index (χ0) is 32.4. The van der Waals surface area contributed by atoms with E-state index in [0.717, 1.165) is 41.5 Å². The van der Waals surface area contributed by atoms with Gasteiger partial charge in [0.15, 0.2) is 43.1 Å². The average molecular weight is 619 g/mol. The van der Waals surface area contributed by atoms with Crippen LogP contribution < -0.4 is 0 Å². The Labute approximate surface area is 248 Å². The van der Waals surface area contributed by atoms with Crippen molar-refractivity contribution in [3.05, 3.63) is 12.7 Å². The molecule has 2 saturated heterocycles. The highest BCUT2D eigenvalue weighted by molar-refractivity contribution is 5.69. The number of carbonyl (C=O) groups is 6. The molecule has 0 aromatic heterocycles. The topological polar surface area (TPSA) is 195 Å². The summed E-state index contributed by atoms with van der Waals surface area (Å²) in [5.41, 5.74) is 0. The van der Waals surface area contributed by atoms with Gasteiger partial charge in [0.05, 0.1) is 12.7 Å². The molecule has 2 heterocycles. The maximum absolute atomic E-state index is 12.2. The maximum Gasteiger partial charge on any atom is 0.303 e. The Bertz CT molecular complexity index is 1040. The van der Waals surface area contributed by atoms with E-state index < -0.39 is 104 Å². The van der Waals surface area contributed by atoms with Gasteiger partial charge in [-0.1, -0.05) is 6.08 Å². The van der Waals surface area contributed by atoms with Gasteiger partial charge >= 0.3 is 35.8 Å². The number of carbonyl (C=O) groups excluding carboxylic acids is 6. The second kappa shape index (κ2) is 16.3. The quantitative estimate of drug-likeness (QED) is 0.164. The average Bonchev–Trinajstić information content (AvgIpc) is 2.87. The highest BCUT2D eigenvalue weighted by Crippen LogP contribution is 2.35. The Kier molecular flexibility index (Phi) is 13.5. The third-order valence-electron chi connectivity index (χ3n) is 5.95. The SMILES string of the molecule is C=CCO[C@@H]1O[C@@H](C)[C@@H](OC(C)=O)[C@@H](O[C@@H]2O[C@H](COC(C)=O)[C@H](OC(C)=O)[C@H](OC(C)=O)[C@H]2OC(C)=O)[C@@H]1OC(C)=O. The smallest absolute Gasteiger partial charge is 0.303 e. The molecule has 10 atom stereocenters. The van der Waals surface area contributed by atoms with Crippen molar-refractivity contribution in [1.29, 1.82) is 0 Å². The number of hydrogen-bond donors (Lipinski definition) is 0. The minimum Gasteiger partial charge on any atom is -0.463 e. The van der Waals surface area contributed by atoms with Gasteiger partial charge in [-0.3, -0.25) is 28.8 Å². The van der Waals surface area contributed by atoms with Crippen LogP contribution in [-0.2, 0) is 76.1 Å². The van der Waals surface area contributed by atoms with Gasteiger partial charge in [-0.25, -0.2) is 0 Å². The monoisotopic (exact) mass is 618 g/mol. The first-order chi connectivity index (χ1) is 20.1. The molecular weight excluding hydrogens is 580 g/mol. The van der Waals surface area contributed by atoms with Crippen LogP contribution in [0, 0.1) is 0 Å². The second-order valence-corrected chi connectivity index (χ2v) is 9.65. The predicted octanol–water partition coefficient (Wildman–Crippen LogP) is 0.266. The lowest BCUT2D eigenvalue weighted by Crippen LogP contribution is -2.66. The Morgan fingerprint density at radius 2 is 1.07 bits per heavy atom. The van der Waals surface area contributed by atoms with E-state index in [2.05, 4.69) is 6.58 Å². The first-order valence-corrected chi connectivity index (χ1v) is 13.3. The van der Waals surface area contributed by atoms with Gasteiger partial charge in [0.2, 0.25) is 0 Å². The molecule has 2 aliphatic rings. The molecule has 242 valence electrons. The van der Waals surface area contributed by atoms with Crippen molar-refractivity contribution in [3.63, 3.8) is 0 Å². The predicted molar refractivity (Wildman–Crippen MR) is 138 cm³/mol. The van der Waals surface area contributed by atoms with Crippen molar-refractivity contribution in [1.82, 2.24) is 0 Å². The van der Waals surface area contributed by atoms with Crippen molar-refractivity contribution in [2.45, 2.75) is 110 Å². The van der Waals surface area contributed by atoms with Crippen molar-refractivity contribution in [3.8, 4) is 0 Å². The van der Waals surface area contributed by atoms with Crippen LogP contribution in [0.4, 0.5) is 0 Å². The maximum atomic E-state index is 12.2. The molecule has 0 radical (unpaired) electrons. The van der Waals surface area contributed by atoms with Gasteiger partial charge in [0.1, 0.15) is 18.8 Å². The summed E-state index contributed by atoms with van der Waals surface area (Å²) >= 11 is 0. The van der Waals surface area contributed by atoms with E-state index in [1.54, 1.807) is 6.92 Å². The summed E-state index contributed by atoms with van der Waals surface area (Å²) < 4.78 is 56.0. The Hall–Kier alpha value is -3.60. The van der Waals surface area contributed by atoms with Crippen molar-refractivity contribution in [2.75, 3.05) is 13.2 Å². The van der Waals surface area contributed by atoms with E-state index >= 15 is 0 Å². The molecule has 0 N–H and O–H groups in total. The summed E-state index contributed by atoms with van der Waals surface area (Å²) in [5, 5.41) is 0. The highest BCUT2D eigenvalue weighted by Gasteiger charge is 2.57. The fraction of sp³-hybridized carbons (Fsp3) is 0.704. The van der Waals surface area contributed by atoms with Crippen LogP contribution in [0.1, 0.15) is 48.5 Å². The summed E-state index contributed by atoms with van der Waals surface area (Å²) in [7, 11) is 0. The standard InChI is InChI=1S/C27H38O16/c1-9-10-34-26-24(40-17(7)32)22(20(12(2)36-26)37-14(4)29)43-27-25(41-18(8)33)23(39-16(6)31)21(38-15(5)30)19(42-27)11-35-13(3)28/h9,12,19-27H,1,10-11H2,2-8H3/t12-,19+,20+,21-,22+,23-,24-,25+,26+,27-/m0/s1. The van der Waals surface area contributed by atoms with Crippen molar-refractivity contribution < 1.29 is 76.1 Å². The van der Waals surface area contributed by atoms with Crippen LogP contribution >= 0.6 is 0 Å². The van der Waals surface area contributed by atoms with Gasteiger partial charge in [-0.15, -0.1) is 6.58 Å². The molecule has 0 aromatic rings. The molecule has 0 aromatic carbocycles. The molecule has 0 bridgehead atoms. The molecular formula is C27H38O16. The van der Waals surface area contributed by atoms with Crippen LogP contribution in [-0.4, -0.2) is 110 Å². The summed E-state index contributed by atoms with van der Waals surface area (Å²) in [6, 6.07) is 0. The summed E-state index contributed by atoms with van der Waals surface area (Å²) in [6.45, 7) is 11.2. The fourth-order valence-corrected chi connectivity index (χ4v) is 4.55. The van der Waals surface area contributed by atoms with Gasteiger partial charge in [-0.2, -0.15) is 0 Å². The van der Waals surface area contributed by atoms with Crippen LogP contribution in [0.3, 0.4) is 0 Å². The summed E-state index contributed by atoms with van der Waals surface area (Å²) in [6.07, 6.45) is -12.3. The zero-order valence-corrected chi connectivity index (χ0v) is 25.0. The Morgan fingerprint density at radius 3 is 1.56 bits per heavy atom. The third-order valence-corrected chi connectivity index (χ3v) is 5.95. The fourth-order valence-electron chi connectivity index (χ4n) is 4.55. The Morgan fingerprint density at radius 1 is 0.605 bits per heavy atom. The lowest BCUT2D eigenvalue weighted by atomic mass is 9.96. The Balaban J connectivity index is 2.66. The van der Waals surface area contributed by atoms with E-state index in [0.29, 0.717) is 0 Å². The normalized spacial score (nSPS) is 32.0. The molecule has 2 rings (SSSR count). The molecule has 16 nitrogen and oxygen atoms in total. The number of hydrogen-bond acceptors (Lipinski definition) is 16. The lowest BCUT2D eigenvalue weighted by Gasteiger charge is -2.48. The van der Waals surface area contributed by atoms with Gasteiger partial charge < -0.3 is 47.4 Å². The molecule has 0 aliphatic carbocycles. The van der Waals surface area contributed by atoms with Crippen molar-refractivity contribution in [2.24, 2.45) is 0 Å².